The molecule has 0 amide bonds. The van der Waals surface area contributed by atoms with Gasteiger partial charge in [0.15, 0.2) is 9.84 Å². The molecule has 1 heterocycles. The van der Waals surface area contributed by atoms with Gasteiger partial charge in [0, 0.05) is 24.9 Å². The second-order valence-electron chi connectivity index (χ2n) is 4.35. The van der Waals surface area contributed by atoms with Gasteiger partial charge in [0.05, 0.1) is 11.4 Å². The molecule has 6 heteroatoms. The molecule has 5 nitrogen and oxygen atoms in total. The minimum absolute atomic E-state index is 0.0309. The number of aromatic nitrogens is 2. The summed E-state index contributed by atoms with van der Waals surface area (Å²) in [6.07, 6.45) is 1.22. The molecule has 96 valence electrons. The molecule has 18 heavy (non-hydrogen) atoms. The summed E-state index contributed by atoms with van der Waals surface area (Å²) in [4.78, 5) is 0. The first-order chi connectivity index (χ1) is 8.35. The molecule has 2 rings (SSSR count). The number of anilines is 1. The Morgan fingerprint density at radius 1 is 1.33 bits per heavy atom. The molecule has 0 aliphatic carbocycles. The van der Waals surface area contributed by atoms with Crippen molar-refractivity contribution in [2.24, 2.45) is 7.05 Å². The van der Waals surface area contributed by atoms with E-state index >= 15 is 0 Å². The minimum atomic E-state index is -3.03. The standard InChI is InChI=1S/C12H15N3O2S/c1-15-12(13)7-11(14-15)10-5-3-4-9(6-10)8-18(2,16)17/h3-7H,8,13H2,1-2H3. The van der Waals surface area contributed by atoms with Crippen LogP contribution in [0, 0.1) is 0 Å². The van der Waals surface area contributed by atoms with E-state index in [1.807, 2.05) is 18.2 Å². The summed E-state index contributed by atoms with van der Waals surface area (Å²) in [5, 5.41) is 4.26. The maximum Gasteiger partial charge on any atom is 0.151 e. The van der Waals surface area contributed by atoms with Crippen molar-refractivity contribution >= 4 is 15.7 Å². The van der Waals surface area contributed by atoms with Gasteiger partial charge in [-0.3, -0.25) is 4.68 Å². The van der Waals surface area contributed by atoms with Crippen LogP contribution in [0.4, 0.5) is 5.82 Å². The van der Waals surface area contributed by atoms with Crippen molar-refractivity contribution in [3.05, 3.63) is 35.9 Å². The average molecular weight is 265 g/mol. The lowest BCUT2D eigenvalue weighted by Crippen LogP contribution is -2.00. The van der Waals surface area contributed by atoms with Crippen molar-refractivity contribution in [3.8, 4) is 11.3 Å². The van der Waals surface area contributed by atoms with Crippen LogP contribution >= 0.6 is 0 Å². The fourth-order valence-corrected chi connectivity index (χ4v) is 2.53. The zero-order valence-electron chi connectivity index (χ0n) is 10.3. The summed E-state index contributed by atoms with van der Waals surface area (Å²) < 4.78 is 24.1. The second kappa shape index (κ2) is 4.45. The number of rotatable bonds is 3. The van der Waals surface area contributed by atoms with Gasteiger partial charge in [0.25, 0.3) is 0 Å². The molecule has 0 atom stereocenters. The molecule has 0 saturated carbocycles. The smallest absolute Gasteiger partial charge is 0.151 e. The van der Waals surface area contributed by atoms with Crippen molar-refractivity contribution in [1.82, 2.24) is 9.78 Å². The summed E-state index contributed by atoms with van der Waals surface area (Å²) in [5.74, 6) is 0.599. The molecule has 2 N–H and O–H groups in total. The first-order valence-corrected chi connectivity index (χ1v) is 7.48. The van der Waals surface area contributed by atoms with Gasteiger partial charge in [-0.25, -0.2) is 8.42 Å². The van der Waals surface area contributed by atoms with E-state index in [9.17, 15) is 8.42 Å². The van der Waals surface area contributed by atoms with E-state index in [4.69, 9.17) is 5.73 Å². The van der Waals surface area contributed by atoms with E-state index < -0.39 is 9.84 Å². The van der Waals surface area contributed by atoms with Crippen molar-refractivity contribution in [3.63, 3.8) is 0 Å². The van der Waals surface area contributed by atoms with Crippen molar-refractivity contribution < 1.29 is 8.42 Å². The third-order valence-corrected chi connectivity index (χ3v) is 3.43. The zero-order valence-corrected chi connectivity index (χ0v) is 11.1. The number of nitrogens with two attached hydrogens (primary N) is 1. The molecule has 1 aromatic heterocycles. The first-order valence-electron chi connectivity index (χ1n) is 5.42. The summed E-state index contributed by atoms with van der Waals surface area (Å²) >= 11 is 0. The molecule has 2 aromatic rings. The number of aryl methyl sites for hydroxylation is 1. The summed E-state index contributed by atoms with van der Waals surface area (Å²) in [7, 11) is -1.27. The van der Waals surface area contributed by atoms with Gasteiger partial charge in [-0.2, -0.15) is 5.10 Å². The van der Waals surface area contributed by atoms with Gasteiger partial charge in [0.2, 0.25) is 0 Å². The van der Waals surface area contributed by atoms with Crippen LogP contribution in [0.5, 0.6) is 0 Å². The van der Waals surface area contributed by atoms with Crippen LogP contribution in [0.25, 0.3) is 11.3 Å². The average Bonchev–Trinajstić information content (AvgIpc) is 2.57. The third kappa shape index (κ3) is 2.89. The Morgan fingerprint density at radius 3 is 2.61 bits per heavy atom. The van der Waals surface area contributed by atoms with Crippen LogP contribution in [0.1, 0.15) is 5.56 Å². The van der Waals surface area contributed by atoms with Crippen LogP contribution in [-0.2, 0) is 22.6 Å². The second-order valence-corrected chi connectivity index (χ2v) is 6.49. The molecular weight excluding hydrogens is 250 g/mol. The summed E-state index contributed by atoms with van der Waals surface area (Å²) in [6.45, 7) is 0. The predicted octanol–water partition coefficient (Wildman–Crippen LogP) is 1.21. The van der Waals surface area contributed by atoms with Gasteiger partial charge in [0.1, 0.15) is 5.82 Å². The van der Waals surface area contributed by atoms with Crippen LogP contribution < -0.4 is 5.73 Å². The van der Waals surface area contributed by atoms with E-state index in [-0.39, 0.29) is 5.75 Å². The maximum absolute atomic E-state index is 11.3. The largest absolute Gasteiger partial charge is 0.384 e. The molecule has 0 radical (unpaired) electrons. The van der Waals surface area contributed by atoms with Crippen LogP contribution in [0.2, 0.25) is 0 Å². The van der Waals surface area contributed by atoms with Gasteiger partial charge >= 0.3 is 0 Å². The molecular formula is C12H15N3O2S. The van der Waals surface area contributed by atoms with E-state index in [1.54, 1.807) is 23.9 Å². The highest BCUT2D eigenvalue weighted by Crippen LogP contribution is 2.21. The van der Waals surface area contributed by atoms with Crippen molar-refractivity contribution in [2.75, 3.05) is 12.0 Å². The van der Waals surface area contributed by atoms with Crippen LogP contribution in [0.3, 0.4) is 0 Å². The normalized spacial score (nSPS) is 11.7. The van der Waals surface area contributed by atoms with Gasteiger partial charge < -0.3 is 5.73 Å². The number of nitrogen functional groups attached to an aromatic ring is 1. The molecule has 0 fully saturated rings. The number of benzene rings is 1. The number of nitrogens with zero attached hydrogens (tertiary/aromatic N) is 2. The fraction of sp³-hybridized carbons (Fsp3) is 0.250. The van der Waals surface area contributed by atoms with Gasteiger partial charge in [-0.1, -0.05) is 18.2 Å². The number of sulfone groups is 1. The molecule has 0 saturated heterocycles. The van der Waals surface area contributed by atoms with Crippen molar-refractivity contribution in [1.29, 1.82) is 0 Å². The molecule has 0 spiro atoms. The SMILES string of the molecule is Cn1nc(-c2cccc(CS(C)(=O)=O)c2)cc1N. The highest BCUT2D eigenvalue weighted by Gasteiger charge is 2.08. The Hall–Kier alpha value is -1.82. The lowest BCUT2D eigenvalue weighted by atomic mass is 10.1. The Morgan fingerprint density at radius 2 is 2.06 bits per heavy atom. The van der Waals surface area contributed by atoms with Crippen LogP contribution in [0.15, 0.2) is 30.3 Å². The van der Waals surface area contributed by atoms with Gasteiger partial charge in [-0.05, 0) is 11.6 Å². The van der Waals surface area contributed by atoms with E-state index in [0.717, 1.165) is 16.8 Å². The summed E-state index contributed by atoms with van der Waals surface area (Å²) in [6, 6.07) is 9.08. The summed E-state index contributed by atoms with van der Waals surface area (Å²) in [5.41, 5.74) is 8.08. The maximum atomic E-state index is 11.3. The minimum Gasteiger partial charge on any atom is -0.384 e. The monoisotopic (exact) mass is 265 g/mol. The van der Waals surface area contributed by atoms with Crippen molar-refractivity contribution in [2.45, 2.75) is 5.75 Å². The molecule has 0 bridgehead atoms. The van der Waals surface area contributed by atoms with E-state index in [2.05, 4.69) is 5.10 Å². The number of hydrogen-bond donors (Lipinski definition) is 1. The Kier molecular flexibility index (Phi) is 3.13. The van der Waals surface area contributed by atoms with Crippen LogP contribution in [-0.4, -0.2) is 24.5 Å². The van der Waals surface area contributed by atoms with E-state index in [0.29, 0.717) is 5.82 Å². The third-order valence-electron chi connectivity index (χ3n) is 2.57. The van der Waals surface area contributed by atoms with E-state index in [1.165, 1.54) is 6.26 Å². The fourth-order valence-electron chi connectivity index (χ4n) is 1.75. The number of hydrogen-bond acceptors (Lipinski definition) is 4. The molecule has 1 aromatic carbocycles. The highest BCUT2D eigenvalue weighted by atomic mass is 32.2. The molecule has 0 aliphatic rings. The zero-order chi connectivity index (χ0) is 13.3. The lowest BCUT2D eigenvalue weighted by Gasteiger charge is -2.02. The van der Waals surface area contributed by atoms with Gasteiger partial charge in [-0.15, -0.1) is 0 Å². The first kappa shape index (κ1) is 12.6. The Bertz CT molecular complexity index is 655. The predicted molar refractivity (Wildman–Crippen MR) is 71.6 cm³/mol. The Labute approximate surface area is 106 Å². The quantitative estimate of drug-likeness (QED) is 0.905. The lowest BCUT2D eigenvalue weighted by molar-refractivity contribution is 0.601. The Balaban J connectivity index is 2.38. The molecule has 0 unspecified atom stereocenters. The topological polar surface area (TPSA) is 78.0 Å². The molecule has 0 aliphatic heterocycles. The highest BCUT2D eigenvalue weighted by molar-refractivity contribution is 7.89.